The SMILES string of the molecule is Cc1cccc(C(=O)Nc2cc3c(cc2C)[C@@H](c2cnn(C)c2)CC(=O)N3)c1. The summed E-state index contributed by atoms with van der Waals surface area (Å²) in [5.74, 6) is -0.253. The van der Waals surface area contributed by atoms with Crippen LogP contribution in [0.1, 0.15) is 45.0 Å². The second-order valence-corrected chi connectivity index (χ2v) is 7.33. The van der Waals surface area contributed by atoms with Crippen LogP contribution in [0.5, 0.6) is 0 Å². The van der Waals surface area contributed by atoms with Gasteiger partial charge in [-0.15, -0.1) is 0 Å². The Labute approximate surface area is 163 Å². The Hall–Kier alpha value is -3.41. The van der Waals surface area contributed by atoms with E-state index in [1.807, 2.05) is 57.4 Å². The van der Waals surface area contributed by atoms with E-state index in [1.165, 1.54) is 0 Å². The van der Waals surface area contributed by atoms with Gasteiger partial charge in [0.25, 0.3) is 5.91 Å². The van der Waals surface area contributed by atoms with E-state index in [4.69, 9.17) is 0 Å². The van der Waals surface area contributed by atoms with Crippen molar-refractivity contribution in [2.45, 2.75) is 26.2 Å². The molecule has 28 heavy (non-hydrogen) atoms. The van der Waals surface area contributed by atoms with Crippen LogP contribution in [-0.2, 0) is 11.8 Å². The van der Waals surface area contributed by atoms with Crippen LogP contribution >= 0.6 is 0 Å². The largest absolute Gasteiger partial charge is 0.326 e. The van der Waals surface area contributed by atoms with Crippen LogP contribution in [0, 0.1) is 13.8 Å². The molecule has 0 unspecified atom stereocenters. The maximum atomic E-state index is 12.6. The summed E-state index contributed by atoms with van der Waals surface area (Å²) < 4.78 is 1.74. The van der Waals surface area contributed by atoms with Crippen LogP contribution in [0.2, 0.25) is 0 Å². The number of rotatable bonds is 3. The molecule has 0 spiro atoms. The van der Waals surface area contributed by atoms with E-state index in [1.54, 1.807) is 16.9 Å². The number of anilines is 2. The molecule has 1 atom stereocenters. The minimum atomic E-state index is -0.169. The molecule has 2 heterocycles. The van der Waals surface area contributed by atoms with Crippen molar-refractivity contribution in [3.8, 4) is 0 Å². The molecule has 6 heteroatoms. The van der Waals surface area contributed by atoms with Crippen LogP contribution in [-0.4, -0.2) is 21.6 Å². The van der Waals surface area contributed by atoms with Gasteiger partial charge < -0.3 is 10.6 Å². The van der Waals surface area contributed by atoms with Crippen LogP contribution in [0.3, 0.4) is 0 Å². The number of aryl methyl sites for hydroxylation is 3. The van der Waals surface area contributed by atoms with E-state index in [9.17, 15) is 9.59 Å². The molecule has 4 rings (SSSR count). The van der Waals surface area contributed by atoms with E-state index in [2.05, 4.69) is 15.7 Å². The Morgan fingerprint density at radius 3 is 2.79 bits per heavy atom. The van der Waals surface area contributed by atoms with E-state index in [0.29, 0.717) is 17.7 Å². The number of aromatic nitrogens is 2. The lowest BCUT2D eigenvalue weighted by Crippen LogP contribution is -2.24. The molecule has 2 aromatic carbocycles. The molecule has 0 radical (unpaired) electrons. The molecule has 0 saturated carbocycles. The zero-order chi connectivity index (χ0) is 19.8. The lowest BCUT2D eigenvalue weighted by atomic mass is 9.85. The second-order valence-electron chi connectivity index (χ2n) is 7.33. The molecular weight excluding hydrogens is 352 g/mol. The Kier molecular flexibility index (Phi) is 4.47. The Morgan fingerprint density at radius 2 is 2.07 bits per heavy atom. The number of carbonyl (C=O) groups excluding carboxylic acids is 2. The van der Waals surface area contributed by atoms with Crippen molar-refractivity contribution in [2.75, 3.05) is 10.6 Å². The topological polar surface area (TPSA) is 76.0 Å². The third-order valence-electron chi connectivity index (χ3n) is 5.09. The van der Waals surface area contributed by atoms with Gasteiger partial charge in [0.05, 0.1) is 6.20 Å². The van der Waals surface area contributed by atoms with Crippen molar-refractivity contribution in [3.05, 3.63) is 76.6 Å². The summed E-state index contributed by atoms with van der Waals surface area (Å²) >= 11 is 0. The molecule has 142 valence electrons. The highest BCUT2D eigenvalue weighted by Gasteiger charge is 2.28. The number of hydrogen-bond donors (Lipinski definition) is 2. The van der Waals surface area contributed by atoms with Crippen molar-refractivity contribution in [3.63, 3.8) is 0 Å². The van der Waals surface area contributed by atoms with Crippen LogP contribution in [0.15, 0.2) is 48.8 Å². The summed E-state index contributed by atoms with van der Waals surface area (Å²) in [6, 6.07) is 11.3. The Morgan fingerprint density at radius 1 is 1.25 bits per heavy atom. The third-order valence-corrected chi connectivity index (χ3v) is 5.09. The maximum Gasteiger partial charge on any atom is 0.255 e. The lowest BCUT2D eigenvalue weighted by Gasteiger charge is -2.26. The van der Waals surface area contributed by atoms with Gasteiger partial charge in [0.1, 0.15) is 0 Å². The van der Waals surface area contributed by atoms with E-state index in [0.717, 1.165) is 27.9 Å². The van der Waals surface area contributed by atoms with Gasteiger partial charge in [0, 0.05) is 42.5 Å². The quantitative estimate of drug-likeness (QED) is 0.733. The molecule has 2 N–H and O–H groups in total. The summed E-state index contributed by atoms with van der Waals surface area (Å²) in [5, 5.41) is 10.1. The predicted octanol–water partition coefficient (Wildman–Crippen LogP) is 3.76. The summed E-state index contributed by atoms with van der Waals surface area (Å²) in [6.07, 6.45) is 4.12. The van der Waals surface area contributed by atoms with Crippen LogP contribution in [0.4, 0.5) is 11.4 Å². The van der Waals surface area contributed by atoms with Crippen molar-refractivity contribution in [1.29, 1.82) is 0 Å². The average Bonchev–Trinajstić information content (AvgIpc) is 3.08. The highest BCUT2D eigenvalue weighted by Crippen LogP contribution is 2.39. The molecule has 0 saturated heterocycles. The van der Waals surface area contributed by atoms with Gasteiger partial charge in [-0.25, -0.2) is 0 Å². The third kappa shape index (κ3) is 3.41. The van der Waals surface area contributed by atoms with Gasteiger partial charge in [-0.1, -0.05) is 23.8 Å². The number of benzene rings is 2. The fourth-order valence-electron chi connectivity index (χ4n) is 3.66. The Bertz CT molecular complexity index is 1080. The summed E-state index contributed by atoms with van der Waals surface area (Å²) in [5.41, 5.74) is 6.06. The minimum Gasteiger partial charge on any atom is -0.326 e. The zero-order valence-corrected chi connectivity index (χ0v) is 16.1. The maximum absolute atomic E-state index is 12.6. The first-order chi connectivity index (χ1) is 13.4. The van der Waals surface area contributed by atoms with Gasteiger partial charge in [0.2, 0.25) is 5.91 Å². The van der Waals surface area contributed by atoms with E-state index in [-0.39, 0.29) is 17.7 Å². The summed E-state index contributed by atoms with van der Waals surface area (Å²) in [7, 11) is 1.86. The highest BCUT2D eigenvalue weighted by molar-refractivity contribution is 6.05. The second kappa shape index (κ2) is 6.96. The standard InChI is InChI=1S/C22H22N4O2/c1-13-5-4-6-15(7-13)22(28)25-19-10-20-18(8-14(19)2)17(9-21(27)24-20)16-11-23-26(3)12-16/h4-8,10-12,17H,9H2,1-3H3,(H,24,27)(H,25,28)/t17-/m1/s1. The number of carbonyl (C=O) groups is 2. The smallest absolute Gasteiger partial charge is 0.255 e. The van der Waals surface area contributed by atoms with Crippen molar-refractivity contribution >= 4 is 23.2 Å². The minimum absolute atomic E-state index is 0.0406. The molecule has 3 aromatic rings. The molecule has 6 nitrogen and oxygen atoms in total. The summed E-state index contributed by atoms with van der Waals surface area (Å²) in [4.78, 5) is 24.9. The number of fused-ring (bicyclic) bond motifs is 1. The van der Waals surface area contributed by atoms with Crippen molar-refractivity contribution < 1.29 is 9.59 Å². The lowest BCUT2D eigenvalue weighted by molar-refractivity contribution is -0.116. The molecule has 0 aliphatic carbocycles. The zero-order valence-electron chi connectivity index (χ0n) is 16.1. The fourth-order valence-corrected chi connectivity index (χ4v) is 3.66. The van der Waals surface area contributed by atoms with Gasteiger partial charge in [-0.3, -0.25) is 14.3 Å². The Balaban J connectivity index is 1.68. The van der Waals surface area contributed by atoms with E-state index < -0.39 is 0 Å². The van der Waals surface area contributed by atoms with Crippen LogP contribution < -0.4 is 10.6 Å². The molecule has 1 aliphatic heterocycles. The summed E-state index contributed by atoms with van der Waals surface area (Å²) in [6.45, 7) is 3.91. The molecule has 0 bridgehead atoms. The average molecular weight is 374 g/mol. The molecule has 1 aliphatic rings. The first-order valence-electron chi connectivity index (χ1n) is 9.21. The van der Waals surface area contributed by atoms with Gasteiger partial charge >= 0.3 is 0 Å². The van der Waals surface area contributed by atoms with Gasteiger partial charge in [-0.05, 0) is 48.7 Å². The van der Waals surface area contributed by atoms with Crippen molar-refractivity contribution in [1.82, 2.24) is 9.78 Å². The monoisotopic (exact) mass is 374 g/mol. The number of amides is 2. The highest BCUT2D eigenvalue weighted by atomic mass is 16.2. The predicted molar refractivity (Wildman–Crippen MR) is 109 cm³/mol. The van der Waals surface area contributed by atoms with Crippen LogP contribution in [0.25, 0.3) is 0 Å². The normalized spacial score (nSPS) is 15.7. The first kappa shape index (κ1) is 18.0. The molecule has 0 fully saturated rings. The molecule has 1 aromatic heterocycles. The van der Waals surface area contributed by atoms with Gasteiger partial charge in [0.15, 0.2) is 0 Å². The first-order valence-corrected chi connectivity index (χ1v) is 9.21. The fraction of sp³-hybridized carbons (Fsp3) is 0.227. The number of nitrogens with zero attached hydrogens (tertiary/aromatic N) is 2. The van der Waals surface area contributed by atoms with E-state index >= 15 is 0 Å². The van der Waals surface area contributed by atoms with Gasteiger partial charge in [-0.2, -0.15) is 5.10 Å². The van der Waals surface area contributed by atoms with Crippen molar-refractivity contribution in [2.24, 2.45) is 7.05 Å². The number of nitrogens with one attached hydrogen (secondary N) is 2. The molecular formula is C22H22N4O2. The molecule has 2 amide bonds. The number of hydrogen-bond acceptors (Lipinski definition) is 3.